The van der Waals surface area contributed by atoms with E-state index >= 15 is 0 Å². The van der Waals surface area contributed by atoms with Crippen LogP contribution in [0.15, 0.2) is 42.5 Å². The van der Waals surface area contributed by atoms with E-state index in [1.165, 1.54) is 18.2 Å². The van der Waals surface area contributed by atoms with Crippen molar-refractivity contribution in [1.82, 2.24) is 5.32 Å². The van der Waals surface area contributed by atoms with Crippen molar-refractivity contribution in [2.24, 2.45) is 0 Å². The van der Waals surface area contributed by atoms with Crippen LogP contribution in [-0.2, 0) is 17.6 Å². The van der Waals surface area contributed by atoms with Gasteiger partial charge in [0.25, 0.3) is 0 Å². The fraction of sp³-hybridized carbons (Fsp3) is 0.235. The molecule has 2 aromatic carbocycles. The molecule has 0 aromatic heterocycles. The number of carbonyl (C=O) groups is 1. The summed E-state index contributed by atoms with van der Waals surface area (Å²) in [5.74, 6) is 0.519. The molecule has 5 heteroatoms. The standard InChI is InChI=1S/C17H19NO4/c1-22-16-4-2-3-12(9-16)5-6-18-17(21)10-13-7-14(19)11-15(20)8-13/h2-4,7-9,11,19-20H,5-6,10H2,1H3,(H,18,21). The maximum Gasteiger partial charge on any atom is 0.224 e. The van der Waals surface area contributed by atoms with Crippen molar-refractivity contribution in [3.63, 3.8) is 0 Å². The van der Waals surface area contributed by atoms with Gasteiger partial charge in [-0.15, -0.1) is 0 Å². The zero-order chi connectivity index (χ0) is 15.9. The maximum absolute atomic E-state index is 11.8. The summed E-state index contributed by atoms with van der Waals surface area (Å²) in [6.07, 6.45) is 0.814. The van der Waals surface area contributed by atoms with Gasteiger partial charge in [-0.2, -0.15) is 0 Å². The molecule has 0 radical (unpaired) electrons. The summed E-state index contributed by atoms with van der Waals surface area (Å²) in [5.41, 5.74) is 1.64. The molecule has 1 amide bonds. The van der Waals surface area contributed by atoms with Crippen LogP contribution >= 0.6 is 0 Å². The van der Waals surface area contributed by atoms with Crippen LogP contribution in [0, 0.1) is 0 Å². The third kappa shape index (κ3) is 4.70. The number of hydrogen-bond acceptors (Lipinski definition) is 4. The SMILES string of the molecule is COc1cccc(CCNC(=O)Cc2cc(O)cc(O)c2)c1. The van der Waals surface area contributed by atoms with Gasteiger partial charge in [0, 0.05) is 12.6 Å². The predicted octanol–water partition coefficient (Wildman–Crippen LogP) is 2.01. The molecular formula is C17H19NO4. The van der Waals surface area contributed by atoms with Crippen LogP contribution in [0.1, 0.15) is 11.1 Å². The monoisotopic (exact) mass is 301 g/mol. The van der Waals surface area contributed by atoms with Gasteiger partial charge in [0.1, 0.15) is 17.2 Å². The minimum absolute atomic E-state index is 0.0563. The number of nitrogens with one attached hydrogen (secondary N) is 1. The van der Waals surface area contributed by atoms with Gasteiger partial charge in [0.15, 0.2) is 0 Å². The Balaban J connectivity index is 1.82. The molecular weight excluding hydrogens is 282 g/mol. The molecule has 0 heterocycles. The first-order valence-electron chi connectivity index (χ1n) is 6.98. The van der Waals surface area contributed by atoms with Crippen molar-refractivity contribution in [3.05, 3.63) is 53.6 Å². The first kappa shape index (κ1) is 15.7. The molecule has 0 saturated carbocycles. The normalized spacial score (nSPS) is 10.2. The lowest BCUT2D eigenvalue weighted by Gasteiger charge is -2.07. The van der Waals surface area contributed by atoms with Crippen LogP contribution in [-0.4, -0.2) is 29.8 Å². The van der Waals surface area contributed by atoms with Gasteiger partial charge in [0.05, 0.1) is 13.5 Å². The average Bonchev–Trinajstić information content (AvgIpc) is 2.46. The van der Waals surface area contributed by atoms with Crippen molar-refractivity contribution in [2.75, 3.05) is 13.7 Å². The molecule has 0 spiro atoms. The van der Waals surface area contributed by atoms with Gasteiger partial charge in [-0.05, 0) is 41.8 Å². The number of amides is 1. The third-order valence-electron chi connectivity index (χ3n) is 3.20. The van der Waals surface area contributed by atoms with Crippen LogP contribution < -0.4 is 10.1 Å². The molecule has 2 aromatic rings. The third-order valence-corrected chi connectivity index (χ3v) is 3.20. The topological polar surface area (TPSA) is 78.8 Å². The van der Waals surface area contributed by atoms with Crippen LogP contribution in [0.2, 0.25) is 0 Å². The highest BCUT2D eigenvalue weighted by Gasteiger charge is 2.06. The molecule has 22 heavy (non-hydrogen) atoms. The molecule has 0 atom stereocenters. The largest absolute Gasteiger partial charge is 0.508 e. The Labute approximate surface area is 129 Å². The zero-order valence-electron chi connectivity index (χ0n) is 12.4. The van der Waals surface area contributed by atoms with Crippen molar-refractivity contribution in [2.45, 2.75) is 12.8 Å². The van der Waals surface area contributed by atoms with Gasteiger partial charge in [-0.25, -0.2) is 0 Å². The Hall–Kier alpha value is -2.69. The molecule has 5 nitrogen and oxygen atoms in total. The van der Waals surface area contributed by atoms with E-state index in [-0.39, 0.29) is 23.8 Å². The van der Waals surface area contributed by atoms with Crippen LogP contribution in [0.5, 0.6) is 17.2 Å². The average molecular weight is 301 g/mol. The predicted molar refractivity (Wildman–Crippen MR) is 83.2 cm³/mol. The van der Waals surface area contributed by atoms with Gasteiger partial charge in [0.2, 0.25) is 5.91 Å². The number of aromatic hydroxyl groups is 2. The number of phenols is 2. The highest BCUT2D eigenvalue weighted by Crippen LogP contribution is 2.20. The quantitative estimate of drug-likeness (QED) is 0.762. The molecule has 0 fully saturated rings. The molecule has 3 N–H and O–H groups in total. The molecule has 116 valence electrons. The van der Waals surface area contributed by atoms with Crippen molar-refractivity contribution in [1.29, 1.82) is 0 Å². The van der Waals surface area contributed by atoms with Gasteiger partial charge >= 0.3 is 0 Å². The van der Waals surface area contributed by atoms with E-state index in [0.29, 0.717) is 18.5 Å². The Morgan fingerprint density at radius 1 is 1.09 bits per heavy atom. The highest BCUT2D eigenvalue weighted by molar-refractivity contribution is 5.78. The summed E-state index contributed by atoms with van der Waals surface area (Å²) in [4.78, 5) is 11.8. The molecule has 0 aliphatic carbocycles. The summed E-state index contributed by atoms with van der Waals surface area (Å²) in [6, 6.07) is 11.8. The van der Waals surface area contributed by atoms with Crippen LogP contribution in [0.3, 0.4) is 0 Å². The van der Waals surface area contributed by atoms with E-state index in [0.717, 1.165) is 11.3 Å². The first-order valence-corrected chi connectivity index (χ1v) is 6.98. The second-order valence-corrected chi connectivity index (χ2v) is 4.99. The molecule has 2 rings (SSSR count). The zero-order valence-corrected chi connectivity index (χ0v) is 12.4. The minimum atomic E-state index is -0.159. The number of carbonyl (C=O) groups excluding carboxylic acids is 1. The number of ether oxygens (including phenoxy) is 1. The Bertz CT molecular complexity index is 635. The van der Waals surface area contributed by atoms with E-state index in [1.807, 2.05) is 24.3 Å². The van der Waals surface area contributed by atoms with Gasteiger partial charge < -0.3 is 20.3 Å². The summed E-state index contributed by atoms with van der Waals surface area (Å²) >= 11 is 0. The smallest absolute Gasteiger partial charge is 0.224 e. The molecule has 0 aliphatic heterocycles. The summed E-state index contributed by atoms with van der Waals surface area (Å²) in [7, 11) is 1.62. The van der Waals surface area contributed by atoms with E-state index in [4.69, 9.17) is 4.74 Å². The van der Waals surface area contributed by atoms with Crippen LogP contribution in [0.4, 0.5) is 0 Å². The summed E-state index contributed by atoms with van der Waals surface area (Å²) in [5, 5.41) is 21.6. The minimum Gasteiger partial charge on any atom is -0.508 e. The fourth-order valence-corrected chi connectivity index (χ4v) is 2.18. The number of rotatable bonds is 6. The lowest BCUT2D eigenvalue weighted by atomic mass is 10.1. The van der Waals surface area contributed by atoms with Crippen molar-refractivity contribution < 1.29 is 19.7 Å². The van der Waals surface area contributed by atoms with Crippen molar-refractivity contribution >= 4 is 5.91 Å². The van der Waals surface area contributed by atoms with Crippen molar-refractivity contribution in [3.8, 4) is 17.2 Å². The number of hydrogen-bond donors (Lipinski definition) is 3. The lowest BCUT2D eigenvalue weighted by molar-refractivity contribution is -0.120. The molecule has 0 unspecified atom stereocenters. The highest BCUT2D eigenvalue weighted by atomic mass is 16.5. The summed E-state index contributed by atoms with van der Waals surface area (Å²) < 4.78 is 5.15. The van der Waals surface area contributed by atoms with E-state index in [1.54, 1.807) is 7.11 Å². The van der Waals surface area contributed by atoms with E-state index in [9.17, 15) is 15.0 Å². The number of phenolic OH excluding ortho intramolecular Hbond substituents is 2. The maximum atomic E-state index is 11.8. The Kier molecular flexibility index (Phi) is 5.25. The Morgan fingerprint density at radius 3 is 2.50 bits per heavy atom. The lowest BCUT2D eigenvalue weighted by Crippen LogP contribution is -2.27. The number of methoxy groups -OCH3 is 1. The van der Waals surface area contributed by atoms with E-state index < -0.39 is 0 Å². The summed E-state index contributed by atoms with van der Waals surface area (Å²) in [6.45, 7) is 0.511. The van der Waals surface area contributed by atoms with Gasteiger partial charge in [-0.1, -0.05) is 12.1 Å². The van der Waals surface area contributed by atoms with Crippen LogP contribution in [0.25, 0.3) is 0 Å². The first-order chi connectivity index (χ1) is 10.6. The molecule has 0 bridgehead atoms. The molecule has 0 saturated heterocycles. The second kappa shape index (κ2) is 7.36. The Morgan fingerprint density at radius 2 is 1.82 bits per heavy atom. The van der Waals surface area contributed by atoms with E-state index in [2.05, 4.69) is 5.32 Å². The molecule has 0 aliphatic rings. The second-order valence-electron chi connectivity index (χ2n) is 4.99. The number of benzene rings is 2. The van der Waals surface area contributed by atoms with Gasteiger partial charge in [-0.3, -0.25) is 4.79 Å². The fourth-order valence-electron chi connectivity index (χ4n) is 2.18.